The molecule has 0 unspecified atom stereocenters. The summed E-state index contributed by atoms with van der Waals surface area (Å²) in [6, 6.07) is 1.78. The zero-order chi connectivity index (χ0) is 9.59. The first-order valence-electron chi connectivity index (χ1n) is 3.91. The van der Waals surface area contributed by atoms with Crippen LogP contribution in [-0.4, -0.2) is 12.8 Å². The van der Waals surface area contributed by atoms with Crippen molar-refractivity contribution < 1.29 is 4.39 Å². The molecule has 2 rings (SSSR count). The quantitative estimate of drug-likeness (QED) is 0.623. The molecule has 2 aromatic rings. The van der Waals surface area contributed by atoms with Gasteiger partial charge in [-0.05, 0) is 24.0 Å². The number of anilines is 1. The van der Waals surface area contributed by atoms with Gasteiger partial charge in [0.05, 0.1) is 10.2 Å². The van der Waals surface area contributed by atoms with E-state index in [-0.39, 0.29) is 5.82 Å². The van der Waals surface area contributed by atoms with Gasteiger partial charge in [0.25, 0.3) is 0 Å². The van der Waals surface area contributed by atoms with E-state index in [1.54, 1.807) is 20.8 Å². The van der Waals surface area contributed by atoms with Gasteiger partial charge < -0.3 is 5.73 Å². The van der Waals surface area contributed by atoms with E-state index in [2.05, 4.69) is 4.98 Å². The van der Waals surface area contributed by atoms with Gasteiger partial charge in [-0.25, -0.2) is 9.37 Å². The number of thiazole rings is 1. The summed E-state index contributed by atoms with van der Waals surface area (Å²) in [5.74, 6) is -0.183. The molecule has 5 heteroatoms. The van der Waals surface area contributed by atoms with Crippen LogP contribution in [0.3, 0.4) is 0 Å². The number of aryl methyl sites for hydroxylation is 1. The maximum absolute atomic E-state index is 13.4. The standard InChI is InChI=1S/C8H8BFN2S/c1-3-2-4-7(5(9)6(3)10)12-8(11)13-4/h2H,9H2,1H3,(H2,11,12). The highest BCUT2D eigenvalue weighted by Crippen LogP contribution is 2.24. The third-order valence-electron chi connectivity index (χ3n) is 2.05. The first-order valence-corrected chi connectivity index (χ1v) is 4.73. The Morgan fingerprint density at radius 1 is 1.62 bits per heavy atom. The number of nitrogens with zero attached hydrogens (tertiary/aromatic N) is 1. The van der Waals surface area contributed by atoms with Crippen molar-refractivity contribution in [1.82, 2.24) is 4.98 Å². The van der Waals surface area contributed by atoms with E-state index in [0.717, 1.165) is 4.70 Å². The van der Waals surface area contributed by atoms with Crippen LogP contribution >= 0.6 is 11.3 Å². The van der Waals surface area contributed by atoms with Crippen LogP contribution in [0, 0.1) is 12.7 Å². The van der Waals surface area contributed by atoms with Gasteiger partial charge in [0.1, 0.15) is 13.7 Å². The number of nitrogen functional groups attached to an aromatic ring is 1. The number of aromatic nitrogens is 1. The van der Waals surface area contributed by atoms with Crippen LogP contribution in [0.4, 0.5) is 9.52 Å². The number of halogens is 1. The lowest BCUT2D eigenvalue weighted by Crippen LogP contribution is -2.11. The molecule has 0 amide bonds. The molecule has 2 nitrogen and oxygen atoms in total. The predicted molar refractivity (Wildman–Crippen MR) is 56.9 cm³/mol. The molecule has 0 aliphatic carbocycles. The highest BCUT2D eigenvalue weighted by atomic mass is 32.1. The van der Waals surface area contributed by atoms with Gasteiger partial charge in [-0.15, -0.1) is 0 Å². The highest BCUT2D eigenvalue weighted by Gasteiger charge is 2.10. The normalized spacial score (nSPS) is 10.9. The Labute approximate surface area is 80.0 Å². The van der Waals surface area contributed by atoms with E-state index in [1.807, 2.05) is 0 Å². The summed E-state index contributed by atoms with van der Waals surface area (Å²) < 4.78 is 14.3. The van der Waals surface area contributed by atoms with Gasteiger partial charge >= 0.3 is 0 Å². The van der Waals surface area contributed by atoms with Gasteiger partial charge in [-0.2, -0.15) is 0 Å². The van der Waals surface area contributed by atoms with Crippen LogP contribution < -0.4 is 11.2 Å². The highest BCUT2D eigenvalue weighted by molar-refractivity contribution is 7.22. The fraction of sp³-hybridized carbons (Fsp3) is 0.125. The van der Waals surface area contributed by atoms with Crippen molar-refractivity contribution in [2.24, 2.45) is 0 Å². The third-order valence-corrected chi connectivity index (χ3v) is 2.88. The Bertz CT molecular complexity index is 480. The summed E-state index contributed by atoms with van der Waals surface area (Å²) >= 11 is 1.39. The Hall–Kier alpha value is -1.10. The molecule has 0 saturated carbocycles. The zero-order valence-electron chi connectivity index (χ0n) is 7.39. The Morgan fingerprint density at radius 3 is 3.00 bits per heavy atom. The summed E-state index contributed by atoms with van der Waals surface area (Å²) in [4.78, 5) is 4.07. The Kier molecular flexibility index (Phi) is 1.77. The van der Waals surface area contributed by atoms with Crippen molar-refractivity contribution >= 4 is 40.0 Å². The SMILES string of the molecule is Bc1c(F)c(C)cc2sc(N)nc12. The van der Waals surface area contributed by atoms with E-state index in [9.17, 15) is 4.39 Å². The topological polar surface area (TPSA) is 38.9 Å². The average molecular weight is 194 g/mol. The molecule has 0 atom stereocenters. The summed E-state index contributed by atoms with van der Waals surface area (Å²) in [6.07, 6.45) is 0. The van der Waals surface area contributed by atoms with Crippen LogP contribution in [0.5, 0.6) is 0 Å². The molecule has 1 aromatic carbocycles. The Morgan fingerprint density at radius 2 is 2.31 bits per heavy atom. The van der Waals surface area contributed by atoms with Crippen molar-refractivity contribution in [3.8, 4) is 0 Å². The first-order chi connectivity index (χ1) is 6.09. The van der Waals surface area contributed by atoms with E-state index >= 15 is 0 Å². The molecule has 13 heavy (non-hydrogen) atoms. The molecule has 0 aliphatic heterocycles. The maximum Gasteiger partial charge on any atom is 0.181 e. The molecule has 2 N–H and O–H groups in total. The summed E-state index contributed by atoms with van der Waals surface area (Å²) in [5.41, 5.74) is 7.46. The molecule has 0 aliphatic rings. The molecule has 66 valence electrons. The van der Waals surface area contributed by atoms with Crippen molar-refractivity contribution in [3.63, 3.8) is 0 Å². The molecular formula is C8H8BFN2S. The molecule has 0 spiro atoms. The number of hydrogen-bond acceptors (Lipinski definition) is 3. The maximum atomic E-state index is 13.4. The number of rotatable bonds is 0. The van der Waals surface area contributed by atoms with Gasteiger partial charge in [0, 0.05) is 0 Å². The van der Waals surface area contributed by atoms with Crippen LogP contribution in [0.25, 0.3) is 10.2 Å². The van der Waals surface area contributed by atoms with E-state index in [1.165, 1.54) is 11.3 Å². The Balaban J connectivity index is 2.92. The van der Waals surface area contributed by atoms with Gasteiger partial charge in [0.2, 0.25) is 0 Å². The number of nitrogens with two attached hydrogens (primary N) is 1. The minimum absolute atomic E-state index is 0.183. The second-order valence-electron chi connectivity index (χ2n) is 3.03. The molecule has 1 heterocycles. The molecule has 0 radical (unpaired) electrons. The number of hydrogen-bond donors (Lipinski definition) is 1. The van der Waals surface area contributed by atoms with Gasteiger partial charge in [0.15, 0.2) is 5.13 Å². The van der Waals surface area contributed by atoms with E-state index < -0.39 is 0 Å². The van der Waals surface area contributed by atoms with Crippen molar-refractivity contribution in [1.29, 1.82) is 0 Å². The third kappa shape index (κ3) is 1.19. The minimum atomic E-state index is -0.183. The summed E-state index contributed by atoms with van der Waals surface area (Å²) in [7, 11) is 1.73. The van der Waals surface area contributed by atoms with Crippen molar-refractivity contribution in [2.45, 2.75) is 6.92 Å². The lowest BCUT2D eigenvalue weighted by molar-refractivity contribution is 0.628. The van der Waals surface area contributed by atoms with E-state index in [0.29, 0.717) is 21.7 Å². The fourth-order valence-electron chi connectivity index (χ4n) is 1.38. The van der Waals surface area contributed by atoms with Crippen molar-refractivity contribution in [3.05, 3.63) is 17.4 Å². The summed E-state index contributed by atoms with van der Waals surface area (Å²) in [6.45, 7) is 1.75. The number of benzene rings is 1. The molecular weight excluding hydrogens is 186 g/mol. The van der Waals surface area contributed by atoms with Crippen LogP contribution in [-0.2, 0) is 0 Å². The predicted octanol–water partition coefficient (Wildman–Crippen LogP) is 0.584. The van der Waals surface area contributed by atoms with Gasteiger partial charge in [-0.1, -0.05) is 11.3 Å². The summed E-state index contributed by atoms with van der Waals surface area (Å²) in [5, 5.41) is 0.489. The lowest BCUT2D eigenvalue weighted by atomic mass is 9.92. The zero-order valence-corrected chi connectivity index (χ0v) is 8.20. The molecule has 0 bridgehead atoms. The molecule has 0 saturated heterocycles. The second-order valence-corrected chi connectivity index (χ2v) is 4.09. The van der Waals surface area contributed by atoms with Gasteiger partial charge in [-0.3, -0.25) is 0 Å². The van der Waals surface area contributed by atoms with Crippen LogP contribution in [0.1, 0.15) is 5.56 Å². The smallest absolute Gasteiger partial charge is 0.181 e. The van der Waals surface area contributed by atoms with Crippen molar-refractivity contribution in [2.75, 3.05) is 5.73 Å². The second kappa shape index (κ2) is 2.70. The monoisotopic (exact) mass is 194 g/mol. The fourth-order valence-corrected chi connectivity index (χ4v) is 2.27. The number of fused-ring (bicyclic) bond motifs is 1. The molecule has 0 fully saturated rings. The lowest BCUT2D eigenvalue weighted by Gasteiger charge is -2.00. The van der Waals surface area contributed by atoms with Crippen LogP contribution in [0.15, 0.2) is 6.07 Å². The van der Waals surface area contributed by atoms with E-state index in [4.69, 9.17) is 5.73 Å². The molecule has 1 aromatic heterocycles. The average Bonchev–Trinajstić information content (AvgIpc) is 2.42. The van der Waals surface area contributed by atoms with Crippen LogP contribution in [0.2, 0.25) is 0 Å². The first kappa shape index (κ1) is 8.50. The minimum Gasteiger partial charge on any atom is -0.375 e. The largest absolute Gasteiger partial charge is 0.375 e.